The molecule has 0 bridgehead atoms. The molecule has 0 aromatic carbocycles. The normalized spacial score (nSPS) is 43.1. The van der Waals surface area contributed by atoms with Crippen molar-refractivity contribution in [2.45, 2.75) is 77.5 Å². The Bertz CT molecular complexity index is 388. The summed E-state index contributed by atoms with van der Waals surface area (Å²) in [7, 11) is -3.08. The van der Waals surface area contributed by atoms with Crippen molar-refractivity contribution >= 4 is 7.60 Å². The van der Waals surface area contributed by atoms with Crippen LogP contribution in [0.4, 0.5) is 0 Å². The van der Waals surface area contributed by atoms with E-state index < -0.39 is 7.60 Å². The molecule has 2 fully saturated rings. The van der Waals surface area contributed by atoms with Gasteiger partial charge in [-0.3, -0.25) is 4.57 Å². The molecule has 2 aliphatic heterocycles. The van der Waals surface area contributed by atoms with Gasteiger partial charge >= 0.3 is 7.60 Å². The molecule has 0 unspecified atom stereocenters. The predicted molar refractivity (Wildman–Crippen MR) is 81.7 cm³/mol. The molecule has 2 rings (SSSR count). The van der Waals surface area contributed by atoms with E-state index in [2.05, 4.69) is 20.8 Å². The van der Waals surface area contributed by atoms with E-state index in [-0.39, 0.29) is 30.5 Å². The molecule has 2 aliphatic rings. The average molecular weight is 320 g/mol. The number of ether oxygens (including phenoxy) is 2. The lowest BCUT2D eigenvalue weighted by Gasteiger charge is -2.24. The van der Waals surface area contributed by atoms with Gasteiger partial charge in [0.15, 0.2) is 0 Å². The number of hydrogen-bond donors (Lipinski definition) is 0. The Morgan fingerprint density at radius 3 is 2.29 bits per heavy atom. The second-order valence-electron chi connectivity index (χ2n) is 6.54. The van der Waals surface area contributed by atoms with Crippen molar-refractivity contribution in [1.29, 1.82) is 0 Å². The first-order valence-corrected chi connectivity index (χ1v) is 10.0. The minimum atomic E-state index is -3.08. The molecule has 7 atom stereocenters. The van der Waals surface area contributed by atoms with Gasteiger partial charge in [0.2, 0.25) is 0 Å². The van der Waals surface area contributed by atoms with Gasteiger partial charge in [-0.05, 0) is 32.6 Å². The zero-order valence-corrected chi connectivity index (χ0v) is 14.7. The van der Waals surface area contributed by atoms with Gasteiger partial charge in [0.25, 0.3) is 0 Å². The molecule has 5 nitrogen and oxygen atoms in total. The van der Waals surface area contributed by atoms with Gasteiger partial charge in [0.05, 0.1) is 37.1 Å². The third-order valence-corrected chi connectivity index (χ3v) is 5.61. The van der Waals surface area contributed by atoms with Crippen LogP contribution in [0.2, 0.25) is 0 Å². The first-order chi connectivity index (χ1) is 9.80. The van der Waals surface area contributed by atoms with Crippen molar-refractivity contribution in [3.63, 3.8) is 0 Å². The maximum Gasteiger partial charge on any atom is 0.328 e. The van der Waals surface area contributed by atoms with E-state index in [0.29, 0.717) is 12.5 Å². The maximum absolute atomic E-state index is 12.5. The Morgan fingerprint density at radius 2 is 1.71 bits per heavy atom. The summed E-state index contributed by atoms with van der Waals surface area (Å²) in [5.41, 5.74) is 0. The van der Waals surface area contributed by atoms with Crippen LogP contribution in [0.15, 0.2) is 0 Å². The molecule has 0 spiro atoms. The quantitative estimate of drug-likeness (QED) is 0.700. The molecule has 2 heterocycles. The molecule has 0 saturated carbocycles. The minimum absolute atomic E-state index is 0.0117. The maximum atomic E-state index is 12.5. The third-order valence-electron chi connectivity index (χ3n) is 4.33. The first-order valence-electron chi connectivity index (χ1n) is 8.02. The Kier molecular flexibility index (Phi) is 5.89. The van der Waals surface area contributed by atoms with Gasteiger partial charge in [0.1, 0.15) is 0 Å². The fourth-order valence-corrected chi connectivity index (χ4v) is 4.43. The summed E-state index contributed by atoms with van der Waals surface area (Å²) in [5, 5.41) is 0. The fraction of sp³-hybridized carbons (Fsp3) is 1.00. The molecule has 21 heavy (non-hydrogen) atoms. The minimum Gasteiger partial charge on any atom is -0.373 e. The Morgan fingerprint density at radius 1 is 1.10 bits per heavy atom. The topological polar surface area (TPSA) is 54.0 Å². The summed E-state index contributed by atoms with van der Waals surface area (Å²) in [6, 6.07) is 0. The molecular formula is C15H29O5P. The molecule has 0 aromatic rings. The van der Waals surface area contributed by atoms with E-state index in [1.54, 1.807) is 6.66 Å². The van der Waals surface area contributed by atoms with Crippen molar-refractivity contribution in [1.82, 2.24) is 0 Å². The van der Waals surface area contributed by atoms with Gasteiger partial charge in [-0.15, -0.1) is 0 Å². The fourth-order valence-electron chi connectivity index (χ4n) is 3.24. The summed E-state index contributed by atoms with van der Waals surface area (Å²) in [6.07, 6.45) is 2.94. The van der Waals surface area contributed by atoms with Crippen LogP contribution in [0.5, 0.6) is 0 Å². The lowest BCUT2D eigenvalue weighted by molar-refractivity contribution is -0.000556. The van der Waals surface area contributed by atoms with Crippen LogP contribution in [0, 0.1) is 5.92 Å². The van der Waals surface area contributed by atoms with Gasteiger partial charge in [-0.2, -0.15) is 0 Å². The van der Waals surface area contributed by atoms with Crippen LogP contribution in [0.3, 0.4) is 0 Å². The number of rotatable bonds is 6. The molecule has 0 radical (unpaired) electrons. The highest BCUT2D eigenvalue weighted by Crippen LogP contribution is 2.48. The lowest BCUT2D eigenvalue weighted by Crippen LogP contribution is -2.24. The summed E-state index contributed by atoms with van der Waals surface area (Å²) in [4.78, 5) is 0. The smallest absolute Gasteiger partial charge is 0.328 e. The molecule has 6 heteroatoms. The van der Waals surface area contributed by atoms with Crippen LogP contribution >= 0.6 is 7.60 Å². The second-order valence-corrected chi connectivity index (χ2v) is 8.55. The van der Waals surface area contributed by atoms with E-state index in [4.69, 9.17) is 18.5 Å². The average Bonchev–Trinajstić information content (AvgIpc) is 2.88. The molecule has 2 saturated heterocycles. The highest BCUT2D eigenvalue weighted by molar-refractivity contribution is 7.53. The monoisotopic (exact) mass is 320 g/mol. The van der Waals surface area contributed by atoms with E-state index in [9.17, 15) is 4.57 Å². The van der Waals surface area contributed by atoms with Gasteiger partial charge in [-0.25, -0.2) is 0 Å². The molecule has 0 aromatic heterocycles. The molecule has 0 aliphatic carbocycles. The summed E-state index contributed by atoms with van der Waals surface area (Å²) in [5.74, 6) is 0.429. The molecule has 124 valence electrons. The lowest BCUT2D eigenvalue weighted by atomic mass is 10.0. The SMILES string of the molecule is CC[C@H]1O[C@@H](C)C[C@@H]1O[P@@](C)(=O)OC[C@H]1O[C@@H](C)C[C@@H]1C. The molecular weight excluding hydrogens is 291 g/mol. The van der Waals surface area contributed by atoms with Crippen LogP contribution in [-0.4, -0.2) is 43.8 Å². The highest BCUT2D eigenvalue weighted by Gasteiger charge is 2.38. The van der Waals surface area contributed by atoms with Crippen molar-refractivity contribution < 1.29 is 23.1 Å². The molecule has 0 N–H and O–H groups in total. The highest BCUT2D eigenvalue weighted by atomic mass is 31.2. The third kappa shape index (κ3) is 4.77. The van der Waals surface area contributed by atoms with E-state index in [1.165, 1.54) is 0 Å². The van der Waals surface area contributed by atoms with Crippen molar-refractivity contribution in [3.8, 4) is 0 Å². The second kappa shape index (κ2) is 7.10. The summed E-state index contributed by atoms with van der Waals surface area (Å²) in [6.45, 7) is 10.1. The summed E-state index contributed by atoms with van der Waals surface area (Å²) < 4.78 is 35.4. The number of hydrogen-bond acceptors (Lipinski definition) is 5. The Hall–Kier alpha value is 0.0700. The van der Waals surface area contributed by atoms with Crippen LogP contribution in [0.25, 0.3) is 0 Å². The summed E-state index contributed by atoms with van der Waals surface area (Å²) >= 11 is 0. The largest absolute Gasteiger partial charge is 0.373 e. The molecule has 0 amide bonds. The van der Waals surface area contributed by atoms with Crippen LogP contribution in [-0.2, 0) is 23.1 Å². The van der Waals surface area contributed by atoms with Gasteiger partial charge < -0.3 is 18.5 Å². The van der Waals surface area contributed by atoms with Crippen molar-refractivity contribution in [3.05, 3.63) is 0 Å². The Balaban J connectivity index is 1.83. The standard InChI is InChI=1S/C15H29O5P/c1-6-13-14(8-12(4)18-13)20-21(5,16)17-9-15-10(2)7-11(3)19-15/h10-15H,6-9H2,1-5H3/t10-,11-,12-,13+,14-,15+,21-/m0/s1. The van der Waals surface area contributed by atoms with E-state index >= 15 is 0 Å². The van der Waals surface area contributed by atoms with Crippen LogP contribution < -0.4 is 0 Å². The van der Waals surface area contributed by atoms with Crippen LogP contribution in [0.1, 0.15) is 47.0 Å². The first kappa shape index (κ1) is 17.4. The van der Waals surface area contributed by atoms with Gasteiger partial charge in [0, 0.05) is 13.1 Å². The predicted octanol–water partition coefficient (Wildman–Crippen LogP) is 3.61. The van der Waals surface area contributed by atoms with E-state index in [1.807, 2.05) is 6.92 Å². The van der Waals surface area contributed by atoms with Gasteiger partial charge in [-0.1, -0.05) is 13.8 Å². The van der Waals surface area contributed by atoms with E-state index in [0.717, 1.165) is 19.3 Å². The zero-order valence-electron chi connectivity index (χ0n) is 13.8. The zero-order chi connectivity index (χ0) is 15.6. The van der Waals surface area contributed by atoms with Crippen molar-refractivity contribution in [2.24, 2.45) is 5.92 Å². The Labute approximate surface area is 128 Å². The van der Waals surface area contributed by atoms with Crippen molar-refractivity contribution in [2.75, 3.05) is 13.3 Å².